The van der Waals surface area contributed by atoms with Crippen LogP contribution in [0.3, 0.4) is 0 Å². The van der Waals surface area contributed by atoms with Crippen LogP contribution in [0.1, 0.15) is 39.2 Å². The first-order valence-corrected chi connectivity index (χ1v) is 7.63. The molecule has 0 aromatic heterocycles. The number of nitrogens with zero attached hydrogens (tertiary/aromatic N) is 2. The predicted octanol–water partition coefficient (Wildman–Crippen LogP) is 3.89. The number of anilines is 1. The minimum Gasteiger partial charge on any atom is -0.380 e. The molecule has 0 aliphatic carbocycles. The summed E-state index contributed by atoms with van der Waals surface area (Å²) in [6.07, 6.45) is 2.07. The topological polar surface area (TPSA) is 58.4 Å². The number of nitrogens with one attached hydrogen (secondary N) is 1. The van der Waals surface area contributed by atoms with E-state index in [4.69, 9.17) is 0 Å². The summed E-state index contributed by atoms with van der Waals surface area (Å²) < 4.78 is 0. The third-order valence-electron chi connectivity index (χ3n) is 3.36. The summed E-state index contributed by atoms with van der Waals surface area (Å²) in [5, 5.41) is 14.3. The first-order valence-electron chi connectivity index (χ1n) is 7.63. The van der Waals surface area contributed by atoms with Crippen LogP contribution >= 0.6 is 0 Å². The highest BCUT2D eigenvalue weighted by Crippen LogP contribution is 2.26. The highest BCUT2D eigenvalue weighted by molar-refractivity contribution is 5.62. The number of benzene rings is 1. The lowest BCUT2D eigenvalue weighted by atomic mass is 10.1. The lowest BCUT2D eigenvalue weighted by molar-refractivity contribution is -0.384. The van der Waals surface area contributed by atoms with E-state index in [0.29, 0.717) is 11.6 Å². The maximum atomic E-state index is 11.2. The van der Waals surface area contributed by atoms with E-state index in [2.05, 4.69) is 31.1 Å². The van der Waals surface area contributed by atoms with Crippen LogP contribution in [-0.4, -0.2) is 30.0 Å². The summed E-state index contributed by atoms with van der Waals surface area (Å²) in [7, 11) is 2.05. The summed E-state index contributed by atoms with van der Waals surface area (Å²) in [5.74, 6) is 0.669. The normalized spacial score (nSPS) is 11.1. The second kappa shape index (κ2) is 8.62. The Morgan fingerprint density at radius 3 is 2.67 bits per heavy atom. The molecule has 1 rings (SSSR count). The third kappa shape index (κ3) is 6.12. The molecule has 0 radical (unpaired) electrons. The van der Waals surface area contributed by atoms with Crippen LogP contribution < -0.4 is 5.32 Å². The second-order valence-corrected chi connectivity index (χ2v) is 5.96. The quantitative estimate of drug-likeness (QED) is 0.554. The molecule has 1 N–H and O–H groups in total. The number of rotatable bonds is 9. The lowest BCUT2D eigenvalue weighted by Gasteiger charge is -2.18. The Bertz CT molecular complexity index is 461. The Morgan fingerprint density at radius 1 is 1.38 bits per heavy atom. The van der Waals surface area contributed by atoms with E-state index in [9.17, 15) is 10.1 Å². The van der Waals surface area contributed by atoms with E-state index in [-0.39, 0.29) is 10.6 Å². The van der Waals surface area contributed by atoms with Gasteiger partial charge < -0.3 is 10.2 Å². The van der Waals surface area contributed by atoms with Gasteiger partial charge in [0.05, 0.1) is 4.92 Å². The highest BCUT2D eigenvalue weighted by atomic mass is 16.6. The summed E-state index contributed by atoms with van der Waals surface area (Å²) in [5.41, 5.74) is 1.75. The molecule has 118 valence electrons. The number of hydrogen-bond acceptors (Lipinski definition) is 4. The van der Waals surface area contributed by atoms with Gasteiger partial charge in [0.1, 0.15) is 5.69 Å². The van der Waals surface area contributed by atoms with E-state index in [1.54, 1.807) is 6.07 Å². The fourth-order valence-electron chi connectivity index (χ4n) is 2.11. The Morgan fingerprint density at radius 2 is 2.10 bits per heavy atom. The van der Waals surface area contributed by atoms with E-state index in [1.807, 2.05) is 19.1 Å². The fraction of sp³-hybridized carbons (Fsp3) is 0.625. The zero-order valence-corrected chi connectivity index (χ0v) is 13.6. The SMILES string of the molecule is CCCNc1ccc(CN(C)CCC(C)C)cc1[N+](=O)[O-]. The first kappa shape index (κ1) is 17.4. The van der Waals surface area contributed by atoms with Crippen LogP contribution in [0.4, 0.5) is 11.4 Å². The Balaban J connectivity index is 2.75. The maximum absolute atomic E-state index is 11.2. The standard InChI is InChI=1S/C16H27N3O2/c1-5-9-17-15-7-6-14(11-16(15)19(20)21)12-18(4)10-8-13(2)3/h6-7,11,13,17H,5,8-10,12H2,1-4H3. The van der Waals surface area contributed by atoms with Crippen LogP contribution in [0.25, 0.3) is 0 Å². The van der Waals surface area contributed by atoms with Gasteiger partial charge in [-0.05, 0) is 44.0 Å². The summed E-state index contributed by atoms with van der Waals surface area (Å²) in [6, 6.07) is 5.47. The number of nitro groups is 1. The molecular weight excluding hydrogens is 266 g/mol. The lowest BCUT2D eigenvalue weighted by Crippen LogP contribution is -2.20. The molecule has 0 amide bonds. The van der Waals surface area contributed by atoms with E-state index < -0.39 is 0 Å². The van der Waals surface area contributed by atoms with Gasteiger partial charge in [-0.15, -0.1) is 0 Å². The molecular formula is C16H27N3O2. The number of nitro benzene ring substituents is 1. The first-order chi connectivity index (χ1) is 9.93. The number of hydrogen-bond donors (Lipinski definition) is 1. The van der Waals surface area contributed by atoms with Gasteiger partial charge in [-0.1, -0.05) is 26.8 Å². The van der Waals surface area contributed by atoms with Crippen molar-refractivity contribution in [3.05, 3.63) is 33.9 Å². The van der Waals surface area contributed by atoms with Gasteiger partial charge in [-0.2, -0.15) is 0 Å². The van der Waals surface area contributed by atoms with Gasteiger partial charge in [-0.25, -0.2) is 0 Å². The zero-order chi connectivity index (χ0) is 15.8. The van der Waals surface area contributed by atoms with Gasteiger partial charge in [0.15, 0.2) is 0 Å². The van der Waals surface area contributed by atoms with E-state index >= 15 is 0 Å². The molecule has 21 heavy (non-hydrogen) atoms. The minimum absolute atomic E-state index is 0.165. The smallest absolute Gasteiger partial charge is 0.292 e. The molecule has 0 aliphatic heterocycles. The van der Waals surface area contributed by atoms with Gasteiger partial charge >= 0.3 is 0 Å². The third-order valence-corrected chi connectivity index (χ3v) is 3.36. The van der Waals surface area contributed by atoms with Crippen molar-refractivity contribution in [1.29, 1.82) is 0 Å². The summed E-state index contributed by atoms with van der Waals surface area (Å²) in [4.78, 5) is 13.1. The molecule has 0 fully saturated rings. The van der Waals surface area contributed by atoms with Crippen molar-refractivity contribution in [2.75, 3.05) is 25.5 Å². The van der Waals surface area contributed by atoms with Crippen LogP contribution in [-0.2, 0) is 6.54 Å². The molecule has 0 saturated heterocycles. The predicted molar refractivity (Wildman–Crippen MR) is 87.7 cm³/mol. The molecule has 1 aromatic carbocycles. The van der Waals surface area contributed by atoms with Crippen LogP contribution in [0.15, 0.2) is 18.2 Å². The highest BCUT2D eigenvalue weighted by Gasteiger charge is 2.14. The molecule has 0 atom stereocenters. The largest absolute Gasteiger partial charge is 0.380 e. The van der Waals surface area contributed by atoms with Crippen molar-refractivity contribution >= 4 is 11.4 Å². The minimum atomic E-state index is -0.310. The van der Waals surface area contributed by atoms with Crippen molar-refractivity contribution in [2.24, 2.45) is 5.92 Å². The molecule has 0 saturated carbocycles. The molecule has 0 heterocycles. The van der Waals surface area contributed by atoms with Crippen molar-refractivity contribution in [1.82, 2.24) is 4.90 Å². The second-order valence-electron chi connectivity index (χ2n) is 5.96. The Kier molecular flexibility index (Phi) is 7.15. The fourth-order valence-corrected chi connectivity index (χ4v) is 2.11. The van der Waals surface area contributed by atoms with Gasteiger partial charge in [0, 0.05) is 19.2 Å². The Hall–Kier alpha value is -1.62. The maximum Gasteiger partial charge on any atom is 0.292 e. The molecule has 0 aliphatic rings. The van der Waals surface area contributed by atoms with E-state index in [0.717, 1.165) is 38.0 Å². The van der Waals surface area contributed by atoms with Crippen LogP contribution in [0.5, 0.6) is 0 Å². The van der Waals surface area contributed by atoms with Crippen molar-refractivity contribution in [3.8, 4) is 0 Å². The molecule has 1 aromatic rings. The van der Waals surface area contributed by atoms with Crippen LogP contribution in [0.2, 0.25) is 0 Å². The van der Waals surface area contributed by atoms with Crippen molar-refractivity contribution < 1.29 is 4.92 Å². The average Bonchev–Trinajstić information content (AvgIpc) is 2.43. The molecule has 0 unspecified atom stereocenters. The monoisotopic (exact) mass is 293 g/mol. The Labute approximate surface area is 127 Å². The van der Waals surface area contributed by atoms with Gasteiger partial charge in [0.2, 0.25) is 0 Å². The van der Waals surface area contributed by atoms with Crippen LogP contribution in [0, 0.1) is 16.0 Å². The van der Waals surface area contributed by atoms with Gasteiger partial charge in [-0.3, -0.25) is 10.1 Å². The van der Waals surface area contributed by atoms with Gasteiger partial charge in [0.25, 0.3) is 5.69 Å². The van der Waals surface area contributed by atoms with Crippen molar-refractivity contribution in [2.45, 2.75) is 40.2 Å². The molecule has 5 nitrogen and oxygen atoms in total. The average molecular weight is 293 g/mol. The van der Waals surface area contributed by atoms with E-state index in [1.165, 1.54) is 0 Å². The van der Waals surface area contributed by atoms with Crippen molar-refractivity contribution in [3.63, 3.8) is 0 Å². The molecule has 0 spiro atoms. The zero-order valence-electron chi connectivity index (χ0n) is 13.6. The summed E-state index contributed by atoms with van der Waals surface area (Å²) >= 11 is 0. The molecule has 0 bridgehead atoms. The molecule has 5 heteroatoms. The summed E-state index contributed by atoms with van der Waals surface area (Å²) in [6.45, 7) is 8.92.